The van der Waals surface area contributed by atoms with Crippen LogP contribution in [0.15, 0.2) is 39.8 Å². The number of aliphatic hydroxyl groups is 1. The molecule has 0 aliphatic carbocycles. The first-order valence-electron chi connectivity index (χ1n) is 10.5. The second-order valence-electron chi connectivity index (χ2n) is 9.54. The van der Waals surface area contributed by atoms with Crippen LogP contribution in [0.1, 0.15) is 40.2 Å². The zero-order chi connectivity index (χ0) is 24.0. The lowest BCUT2D eigenvalue weighted by Crippen LogP contribution is -2.68. The van der Waals surface area contributed by atoms with Crippen molar-refractivity contribution < 1.29 is 28.4 Å². The molecule has 1 fully saturated rings. The monoisotopic (exact) mass is 497 g/mol. The number of rotatable bonds is 8. The number of hydrogen-bond acceptors (Lipinski definition) is 6. The maximum atomic E-state index is 13.2. The van der Waals surface area contributed by atoms with E-state index in [-0.39, 0.29) is 40.7 Å². The van der Waals surface area contributed by atoms with E-state index < -0.39 is 28.3 Å². The molecule has 10 heteroatoms. The second-order valence-corrected chi connectivity index (χ2v) is 12.6. The topological polar surface area (TPSA) is 104 Å². The Labute approximate surface area is 198 Å². The summed E-state index contributed by atoms with van der Waals surface area (Å²) in [5.74, 6) is -1.83. The summed E-state index contributed by atoms with van der Waals surface area (Å²) in [7, 11) is -1.02. The van der Waals surface area contributed by atoms with Crippen LogP contribution in [-0.2, 0) is 31.4 Å². The molecule has 176 valence electrons. The van der Waals surface area contributed by atoms with Gasteiger partial charge in [0.2, 0.25) is 5.91 Å². The minimum atomic E-state index is -1.48. The summed E-state index contributed by atoms with van der Waals surface area (Å²) >= 11 is 1.32. The van der Waals surface area contributed by atoms with E-state index in [0.29, 0.717) is 25.9 Å². The molecule has 1 aromatic carbocycles. The predicted molar refractivity (Wildman–Crippen MR) is 128 cm³/mol. The molecule has 2 aliphatic heterocycles. The first kappa shape index (κ1) is 25.2. The standard InChI is InChI=1S/C22H31NO6S2Si/c1-12(21(2,3)4)22(5,29-32)16-18(25)23-17(20(26)27)15(30-19(16)23)11-31(28)14-8-6-13(10-24)7-9-14/h6-9,12,16,19,24H,10-11H2,1-5,32H3,(H,26,27)/t12?,16-,19+,22+,31?/m0/s1. The van der Waals surface area contributed by atoms with Gasteiger partial charge in [-0.1, -0.05) is 39.8 Å². The van der Waals surface area contributed by atoms with Crippen molar-refractivity contribution in [2.45, 2.75) is 57.1 Å². The number of hydrogen-bond donors (Lipinski definition) is 2. The third kappa shape index (κ3) is 4.23. The molecule has 2 unspecified atom stereocenters. The number of carboxylic acids is 1. The number of thioether (sulfide) groups is 1. The minimum absolute atomic E-state index is 0.0189. The number of benzene rings is 1. The Bertz CT molecular complexity index is 974. The van der Waals surface area contributed by atoms with E-state index in [1.54, 1.807) is 24.3 Å². The van der Waals surface area contributed by atoms with Gasteiger partial charge in [-0.3, -0.25) is 13.9 Å². The van der Waals surface area contributed by atoms with Gasteiger partial charge in [0.25, 0.3) is 0 Å². The van der Waals surface area contributed by atoms with Gasteiger partial charge in [0, 0.05) is 9.80 Å². The van der Waals surface area contributed by atoms with Crippen LogP contribution in [0.5, 0.6) is 0 Å². The average molecular weight is 498 g/mol. The van der Waals surface area contributed by atoms with Crippen molar-refractivity contribution in [3.05, 3.63) is 40.4 Å². The number of carboxylic acid groups (broad SMARTS) is 1. The number of amides is 1. The van der Waals surface area contributed by atoms with E-state index >= 15 is 0 Å². The molecule has 0 spiro atoms. The van der Waals surface area contributed by atoms with E-state index in [4.69, 9.17) is 4.43 Å². The van der Waals surface area contributed by atoms with E-state index in [9.17, 15) is 24.0 Å². The van der Waals surface area contributed by atoms with Gasteiger partial charge in [0.15, 0.2) is 0 Å². The predicted octanol–water partition coefficient (Wildman–Crippen LogP) is 1.85. The highest BCUT2D eigenvalue weighted by Gasteiger charge is 2.64. The molecule has 0 bridgehead atoms. The third-order valence-corrected chi connectivity index (χ3v) is 10.6. The SMILES string of the molecule is CC(C(C)(C)C)[C@@](C)(O[SiH3])[C@H]1C(=O)N2C(C(=O)O)=C(CS(=O)c3ccc(CO)cc3)S[C@H]12. The lowest BCUT2D eigenvalue weighted by atomic mass is 9.65. The van der Waals surface area contributed by atoms with Crippen molar-refractivity contribution in [3.63, 3.8) is 0 Å². The number of β-lactam (4-membered cyclic amide) rings is 1. The van der Waals surface area contributed by atoms with Gasteiger partial charge in [-0.25, -0.2) is 4.79 Å². The first-order chi connectivity index (χ1) is 14.9. The molecule has 1 aromatic rings. The number of fused-ring (bicyclic) bond motifs is 1. The van der Waals surface area contributed by atoms with Crippen molar-refractivity contribution in [2.24, 2.45) is 17.3 Å². The highest BCUT2D eigenvalue weighted by atomic mass is 32.2. The van der Waals surface area contributed by atoms with E-state index in [0.717, 1.165) is 0 Å². The Morgan fingerprint density at radius 1 is 1.28 bits per heavy atom. The van der Waals surface area contributed by atoms with Gasteiger partial charge in [0.05, 0.1) is 34.7 Å². The Morgan fingerprint density at radius 2 is 1.88 bits per heavy atom. The van der Waals surface area contributed by atoms with Crippen LogP contribution in [0.4, 0.5) is 0 Å². The molecule has 0 aromatic heterocycles. The molecule has 32 heavy (non-hydrogen) atoms. The summed E-state index contributed by atoms with van der Waals surface area (Å²) in [6.45, 7) is 10.2. The van der Waals surface area contributed by atoms with Crippen molar-refractivity contribution in [2.75, 3.05) is 5.75 Å². The fourth-order valence-corrected chi connectivity index (χ4v) is 8.00. The maximum absolute atomic E-state index is 13.2. The van der Waals surface area contributed by atoms with Crippen molar-refractivity contribution in [1.29, 1.82) is 0 Å². The number of carbonyl (C=O) groups excluding carboxylic acids is 1. The lowest BCUT2D eigenvalue weighted by Gasteiger charge is -2.55. The van der Waals surface area contributed by atoms with Gasteiger partial charge >= 0.3 is 5.97 Å². The molecule has 2 N–H and O–H groups in total. The molecule has 5 atom stereocenters. The summed E-state index contributed by atoms with van der Waals surface area (Å²) in [4.78, 5) is 27.6. The van der Waals surface area contributed by atoms with Gasteiger partial charge in [-0.05, 0) is 36.0 Å². The van der Waals surface area contributed by atoms with E-state index in [1.807, 2.05) is 6.92 Å². The number of aliphatic hydroxyl groups excluding tert-OH is 1. The summed E-state index contributed by atoms with van der Waals surface area (Å²) in [5.41, 5.74) is -0.175. The van der Waals surface area contributed by atoms with Gasteiger partial charge in [0.1, 0.15) is 21.6 Å². The maximum Gasteiger partial charge on any atom is 0.353 e. The van der Waals surface area contributed by atoms with Crippen LogP contribution in [0.25, 0.3) is 0 Å². The van der Waals surface area contributed by atoms with Crippen LogP contribution in [-0.4, -0.2) is 58.4 Å². The Kier molecular flexibility index (Phi) is 7.12. The van der Waals surface area contributed by atoms with Crippen LogP contribution >= 0.6 is 11.8 Å². The number of carbonyl (C=O) groups is 2. The Hall–Kier alpha value is -1.46. The van der Waals surface area contributed by atoms with E-state index in [1.165, 1.54) is 16.7 Å². The highest BCUT2D eigenvalue weighted by molar-refractivity contribution is 8.05. The third-order valence-electron chi connectivity index (χ3n) is 6.86. The van der Waals surface area contributed by atoms with Crippen molar-refractivity contribution in [1.82, 2.24) is 4.90 Å². The fraction of sp³-hybridized carbons (Fsp3) is 0.545. The van der Waals surface area contributed by atoms with Crippen LogP contribution in [0.2, 0.25) is 0 Å². The van der Waals surface area contributed by atoms with Crippen LogP contribution < -0.4 is 0 Å². The molecule has 1 amide bonds. The van der Waals surface area contributed by atoms with Gasteiger partial charge < -0.3 is 14.6 Å². The fourth-order valence-electron chi connectivity index (χ4n) is 4.39. The molecule has 3 rings (SSSR count). The molecule has 7 nitrogen and oxygen atoms in total. The van der Waals surface area contributed by atoms with Gasteiger partial charge in [-0.15, -0.1) is 11.8 Å². The molecule has 0 radical (unpaired) electrons. The normalized spacial score (nSPS) is 24.7. The number of aliphatic carboxylic acids is 1. The Morgan fingerprint density at radius 3 is 2.34 bits per heavy atom. The molecular weight excluding hydrogens is 466 g/mol. The van der Waals surface area contributed by atoms with Crippen LogP contribution in [0, 0.1) is 17.3 Å². The van der Waals surface area contributed by atoms with E-state index in [2.05, 4.69) is 27.7 Å². The molecular formula is C22H31NO6S2Si. The van der Waals surface area contributed by atoms with Gasteiger partial charge in [-0.2, -0.15) is 0 Å². The summed E-state index contributed by atoms with van der Waals surface area (Å²) in [5, 5.41) is 18.7. The molecule has 2 aliphatic rings. The quantitative estimate of drug-likeness (QED) is 0.417. The zero-order valence-corrected chi connectivity index (χ0v) is 22.9. The average Bonchev–Trinajstić information content (AvgIpc) is 3.06. The summed E-state index contributed by atoms with van der Waals surface area (Å²) in [6.07, 6.45) is 0. The molecule has 0 saturated carbocycles. The second kappa shape index (κ2) is 9.06. The van der Waals surface area contributed by atoms with Crippen LogP contribution in [0.3, 0.4) is 0 Å². The summed E-state index contributed by atoms with van der Waals surface area (Å²) < 4.78 is 19.0. The highest BCUT2D eigenvalue weighted by Crippen LogP contribution is 2.56. The minimum Gasteiger partial charge on any atom is -0.477 e. The Balaban J connectivity index is 1.87. The smallest absolute Gasteiger partial charge is 0.353 e. The van der Waals surface area contributed by atoms with Crippen molar-refractivity contribution in [3.8, 4) is 0 Å². The van der Waals surface area contributed by atoms with Crippen molar-refractivity contribution >= 4 is 44.9 Å². The largest absolute Gasteiger partial charge is 0.477 e. The first-order valence-corrected chi connectivity index (χ1v) is 13.5. The lowest BCUT2D eigenvalue weighted by molar-refractivity contribution is -0.170. The molecule has 2 heterocycles. The molecule has 1 saturated heterocycles. The zero-order valence-electron chi connectivity index (χ0n) is 19.2. The number of nitrogens with zero attached hydrogens (tertiary/aromatic N) is 1. The summed E-state index contributed by atoms with van der Waals surface area (Å²) in [6, 6.07) is 6.72.